The average molecular weight is 469 g/mol. The normalized spacial score (nSPS) is 12.7. The fraction of sp³-hybridized carbons (Fsp3) is 0.208. The monoisotopic (exact) mass is 469 g/mol. The van der Waals surface area contributed by atoms with Gasteiger partial charge in [-0.3, -0.25) is 4.79 Å². The van der Waals surface area contributed by atoms with E-state index >= 15 is 0 Å². The number of benzene rings is 2. The Balaban J connectivity index is 1.63. The highest BCUT2D eigenvalue weighted by molar-refractivity contribution is 6.02. The van der Waals surface area contributed by atoms with Crippen molar-refractivity contribution >= 4 is 28.4 Å². The number of hydrogen-bond donors (Lipinski definition) is 3. The maximum absolute atomic E-state index is 13.3. The van der Waals surface area contributed by atoms with Crippen molar-refractivity contribution in [3.8, 4) is 11.1 Å². The van der Waals surface area contributed by atoms with Crippen molar-refractivity contribution in [1.82, 2.24) is 14.5 Å². The van der Waals surface area contributed by atoms with Crippen molar-refractivity contribution in [3.05, 3.63) is 71.2 Å². The van der Waals surface area contributed by atoms with Crippen LogP contribution >= 0.6 is 0 Å². The van der Waals surface area contributed by atoms with Crippen molar-refractivity contribution in [2.24, 2.45) is 7.05 Å². The van der Waals surface area contributed by atoms with E-state index < -0.39 is 29.3 Å². The number of amides is 1. The number of nitrogen functional groups attached to an aromatic ring is 1. The molecule has 4 rings (SSSR count). The number of fused-ring (bicyclic) bond motifs is 1. The molecule has 0 fully saturated rings. The summed E-state index contributed by atoms with van der Waals surface area (Å²) in [4.78, 5) is 21.2. The summed E-state index contributed by atoms with van der Waals surface area (Å²) < 4.78 is 41.6. The van der Waals surface area contributed by atoms with Gasteiger partial charge in [0.05, 0.1) is 10.9 Å². The summed E-state index contributed by atoms with van der Waals surface area (Å²) in [6.45, 7) is 3.58. The van der Waals surface area contributed by atoms with Crippen LogP contribution in [0.3, 0.4) is 0 Å². The van der Waals surface area contributed by atoms with Crippen LogP contribution in [0.4, 0.5) is 24.7 Å². The number of carbonyl (C=O) groups excluding carboxylic acids is 1. The van der Waals surface area contributed by atoms with Gasteiger partial charge < -0.3 is 20.7 Å². The fourth-order valence-corrected chi connectivity index (χ4v) is 4.01. The number of rotatable bonds is 4. The molecular weight excluding hydrogens is 447 g/mol. The molecule has 7 nitrogen and oxygen atoms in total. The topological polar surface area (TPSA) is 106 Å². The first kappa shape index (κ1) is 23.2. The SMILES string of the molecule is Cc1nc(N)c2c(-c3ccc(NC(=O)C(O)c4ccccc4C(F)(F)F)cc3C)cn(C)c2n1. The van der Waals surface area contributed by atoms with Crippen LogP contribution in [-0.4, -0.2) is 25.5 Å². The maximum Gasteiger partial charge on any atom is 0.416 e. The highest BCUT2D eigenvalue weighted by Crippen LogP contribution is 2.36. The number of halogens is 3. The molecule has 2 heterocycles. The Kier molecular flexibility index (Phi) is 5.78. The van der Waals surface area contributed by atoms with Crippen molar-refractivity contribution in [1.29, 1.82) is 0 Å². The lowest BCUT2D eigenvalue weighted by molar-refractivity contribution is -0.140. The van der Waals surface area contributed by atoms with E-state index in [4.69, 9.17) is 5.73 Å². The molecular formula is C24H22F3N5O2. The van der Waals surface area contributed by atoms with Crippen LogP contribution in [0, 0.1) is 13.8 Å². The predicted octanol–water partition coefficient (Wildman–Crippen LogP) is 4.53. The van der Waals surface area contributed by atoms with E-state index in [0.29, 0.717) is 28.4 Å². The molecule has 1 amide bonds. The summed E-state index contributed by atoms with van der Waals surface area (Å²) >= 11 is 0. The number of aliphatic hydroxyl groups excluding tert-OH is 1. The quantitative estimate of drug-likeness (QED) is 0.407. The first-order valence-corrected chi connectivity index (χ1v) is 10.3. The molecule has 34 heavy (non-hydrogen) atoms. The molecule has 1 atom stereocenters. The van der Waals surface area contributed by atoms with Crippen LogP contribution < -0.4 is 11.1 Å². The molecule has 10 heteroatoms. The second kappa shape index (κ2) is 8.45. The van der Waals surface area contributed by atoms with E-state index in [1.54, 1.807) is 25.1 Å². The predicted molar refractivity (Wildman–Crippen MR) is 123 cm³/mol. The van der Waals surface area contributed by atoms with Gasteiger partial charge in [-0.2, -0.15) is 13.2 Å². The molecule has 0 saturated heterocycles. The average Bonchev–Trinajstić information content (AvgIpc) is 3.09. The Morgan fingerprint density at radius 1 is 1.12 bits per heavy atom. The van der Waals surface area contributed by atoms with Gasteiger partial charge in [0.15, 0.2) is 6.10 Å². The molecule has 0 aliphatic heterocycles. The van der Waals surface area contributed by atoms with Gasteiger partial charge in [0.1, 0.15) is 17.3 Å². The summed E-state index contributed by atoms with van der Waals surface area (Å²) in [5.74, 6) is -0.0679. The zero-order valence-electron chi connectivity index (χ0n) is 18.6. The largest absolute Gasteiger partial charge is 0.416 e. The number of alkyl halides is 3. The number of hydrogen-bond acceptors (Lipinski definition) is 5. The van der Waals surface area contributed by atoms with E-state index in [0.717, 1.165) is 28.8 Å². The van der Waals surface area contributed by atoms with Crippen LogP contribution in [-0.2, 0) is 18.0 Å². The third-order valence-corrected chi connectivity index (χ3v) is 5.55. The molecule has 4 aromatic rings. The highest BCUT2D eigenvalue weighted by atomic mass is 19.4. The number of aryl methyl sites for hydroxylation is 3. The third kappa shape index (κ3) is 4.19. The number of nitrogens with two attached hydrogens (primary N) is 1. The molecule has 1 unspecified atom stereocenters. The molecule has 0 saturated carbocycles. The van der Waals surface area contributed by atoms with Gasteiger partial charge in [-0.1, -0.05) is 24.3 Å². The van der Waals surface area contributed by atoms with Crippen LogP contribution in [0.1, 0.15) is 28.6 Å². The minimum Gasteiger partial charge on any atom is -0.383 e. The van der Waals surface area contributed by atoms with Crippen LogP contribution in [0.5, 0.6) is 0 Å². The fourth-order valence-electron chi connectivity index (χ4n) is 4.01. The van der Waals surface area contributed by atoms with Crippen LogP contribution in [0.15, 0.2) is 48.7 Å². The summed E-state index contributed by atoms with van der Waals surface area (Å²) in [7, 11) is 1.85. The van der Waals surface area contributed by atoms with E-state index in [9.17, 15) is 23.1 Å². The third-order valence-electron chi connectivity index (χ3n) is 5.55. The van der Waals surface area contributed by atoms with Gasteiger partial charge in [0.25, 0.3) is 5.91 Å². The lowest BCUT2D eigenvalue weighted by Crippen LogP contribution is -2.23. The molecule has 0 bridgehead atoms. The minimum atomic E-state index is -4.70. The number of nitrogens with zero attached hydrogens (tertiary/aromatic N) is 3. The van der Waals surface area contributed by atoms with Crippen molar-refractivity contribution in [2.75, 3.05) is 11.1 Å². The standard InChI is InChI=1S/C24H22F3N5O2/c1-12-10-14(31-23(34)20(33)16-6-4-5-7-18(16)24(25,26)27)8-9-15(12)17-11-32(3)22-19(17)21(28)29-13(2)30-22/h4-11,20,33H,1-3H3,(H,31,34)(H2,28,29,30). The number of aliphatic hydroxyl groups is 1. The number of aromatic nitrogens is 3. The van der Waals surface area contributed by atoms with Crippen LogP contribution in [0.25, 0.3) is 22.2 Å². The summed E-state index contributed by atoms with van der Waals surface area (Å²) in [5.41, 5.74) is 8.01. The molecule has 2 aromatic heterocycles. The van der Waals surface area contributed by atoms with Gasteiger partial charge in [0, 0.05) is 30.1 Å². The molecule has 176 valence electrons. The van der Waals surface area contributed by atoms with Gasteiger partial charge in [-0.25, -0.2) is 9.97 Å². The molecule has 4 N–H and O–H groups in total. The zero-order valence-corrected chi connectivity index (χ0v) is 18.6. The first-order chi connectivity index (χ1) is 16.0. The van der Waals surface area contributed by atoms with Gasteiger partial charge in [-0.15, -0.1) is 0 Å². The second-order valence-electron chi connectivity index (χ2n) is 8.01. The van der Waals surface area contributed by atoms with E-state index in [2.05, 4.69) is 15.3 Å². The molecule has 2 aromatic carbocycles. The Bertz CT molecular complexity index is 1410. The minimum absolute atomic E-state index is 0.329. The van der Waals surface area contributed by atoms with Gasteiger partial charge >= 0.3 is 6.18 Å². The van der Waals surface area contributed by atoms with Crippen molar-refractivity contribution in [3.63, 3.8) is 0 Å². The molecule has 0 aliphatic rings. The smallest absolute Gasteiger partial charge is 0.383 e. The van der Waals surface area contributed by atoms with Crippen molar-refractivity contribution < 1.29 is 23.1 Å². The molecule has 0 aliphatic carbocycles. The number of anilines is 2. The number of nitrogens with one attached hydrogen (secondary N) is 1. The molecule has 0 spiro atoms. The van der Waals surface area contributed by atoms with Crippen molar-refractivity contribution in [2.45, 2.75) is 26.1 Å². The summed E-state index contributed by atoms with van der Waals surface area (Å²) in [6.07, 6.45) is -4.80. The van der Waals surface area contributed by atoms with E-state index in [1.165, 1.54) is 12.1 Å². The van der Waals surface area contributed by atoms with Crippen LogP contribution in [0.2, 0.25) is 0 Å². The van der Waals surface area contributed by atoms with Gasteiger partial charge in [0.2, 0.25) is 0 Å². The van der Waals surface area contributed by atoms with E-state index in [1.807, 2.05) is 24.7 Å². The maximum atomic E-state index is 13.3. The summed E-state index contributed by atoms with van der Waals surface area (Å²) in [6, 6.07) is 9.47. The Morgan fingerprint density at radius 2 is 1.82 bits per heavy atom. The lowest BCUT2D eigenvalue weighted by atomic mass is 9.99. The van der Waals surface area contributed by atoms with Gasteiger partial charge in [-0.05, 0) is 43.2 Å². The first-order valence-electron chi connectivity index (χ1n) is 10.3. The Labute approximate surface area is 193 Å². The Morgan fingerprint density at radius 3 is 2.50 bits per heavy atom. The zero-order chi connectivity index (χ0) is 24.8. The highest BCUT2D eigenvalue weighted by Gasteiger charge is 2.36. The summed E-state index contributed by atoms with van der Waals surface area (Å²) in [5, 5.41) is 13.5. The second-order valence-corrected chi connectivity index (χ2v) is 8.01. The Hall–Kier alpha value is -3.92. The lowest BCUT2D eigenvalue weighted by Gasteiger charge is -2.17. The number of carbonyl (C=O) groups is 1. The van der Waals surface area contributed by atoms with E-state index in [-0.39, 0.29) is 0 Å². The molecule has 0 radical (unpaired) electrons.